The van der Waals surface area contributed by atoms with Crippen LogP contribution in [0.1, 0.15) is 39.7 Å². The number of ether oxygens (including phenoxy) is 1. The van der Waals surface area contributed by atoms with Gasteiger partial charge in [0.15, 0.2) is 0 Å². The molecule has 0 aliphatic rings. The van der Waals surface area contributed by atoms with E-state index in [2.05, 4.69) is 69.3 Å². The summed E-state index contributed by atoms with van der Waals surface area (Å²) < 4.78 is 12.6. The van der Waals surface area contributed by atoms with Crippen molar-refractivity contribution in [3.05, 3.63) is 96.6 Å². The molecule has 5 heteroatoms. The van der Waals surface area contributed by atoms with Gasteiger partial charge >= 0.3 is 0 Å². The molecule has 3 rings (SSSR count). The van der Waals surface area contributed by atoms with Gasteiger partial charge in [0, 0.05) is 12.5 Å². The molecule has 0 aliphatic heterocycles. The molecule has 0 saturated carbocycles. The molecule has 0 aromatic heterocycles. The van der Waals surface area contributed by atoms with Crippen LogP contribution in [0.15, 0.2) is 91.0 Å². The van der Waals surface area contributed by atoms with E-state index in [1.807, 2.05) is 49.4 Å². The first-order valence-electron chi connectivity index (χ1n) is 12.5. The first-order valence-corrected chi connectivity index (χ1v) is 14.4. The smallest absolute Gasteiger partial charge is 0.261 e. The molecule has 0 aliphatic carbocycles. The maximum absolute atomic E-state index is 10.9. The van der Waals surface area contributed by atoms with Crippen molar-refractivity contribution in [1.29, 1.82) is 0 Å². The lowest BCUT2D eigenvalue weighted by molar-refractivity contribution is -0.0399. The molecule has 0 bridgehead atoms. The van der Waals surface area contributed by atoms with Gasteiger partial charge in [-0.05, 0) is 27.4 Å². The van der Waals surface area contributed by atoms with Gasteiger partial charge in [0.05, 0.1) is 25.4 Å². The Morgan fingerprint density at radius 2 is 1.23 bits per heavy atom. The van der Waals surface area contributed by atoms with E-state index in [1.165, 1.54) is 10.4 Å². The zero-order valence-corrected chi connectivity index (χ0v) is 22.4. The van der Waals surface area contributed by atoms with Crippen LogP contribution in [-0.4, -0.2) is 44.0 Å². The Morgan fingerprint density at radius 1 is 0.743 bits per heavy atom. The summed E-state index contributed by atoms with van der Waals surface area (Å²) in [6.45, 7) is 9.63. The number of benzene rings is 3. The lowest BCUT2D eigenvalue weighted by Gasteiger charge is -2.43. The maximum Gasteiger partial charge on any atom is 0.261 e. The molecule has 3 atom stereocenters. The summed E-state index contributed by atoms with van der Waals surface area (Å²) in [4.78, 5) is 0. The molecule has 188 valence electrons. The van der Waals surface area contributed by atoms with Gasteiger partial charge in [-0.3, -0.25) is 0 Å². The topological polar surface area (TPSA) is 58.9 Å². The summed E-state index contributed by atoms with van der Waals surface area (Å²) in [5, 5.41) is 23.8. The minimum atomic E-state index is -2.63. The van der Waals surface area contributed by atoms with Gasteiger partial charge in [-0.25, -0.2) is 0 Å². The summed E-state index contributed by atoms with van der Waals surface area (Å²) in [7, 11) is -2.63. The van der Waals surface area contributed by atoms with E-state index in [1.54, 1.807) is 0 Å². The van der Waals surface area contributed by atoms with Crippen LogP contribution >= 0.6 is 0 Å². The molecule has 2 N–H and O–H groups in total. The van der Waals surface area contributed by atoms with E-state index < -0.39 is 20.5 Å². The molecule has 0 unspecified atom stereocenters. The minimum Gasteiger partial charge on any atom is -0.407 e. The average molecular weight is 493 g/mol. The summed E-state index contributed by atoms with van der Waals surface area (Å²) in [5.41, 5.74) is 1.06. The van der Waals surface area contributed by atoms with Gasteiger partial charge in [-0.1, -0.05) is 119 Å². The molecule has 3 aromatic carbocycles. The monoisotopic (exact) mass is 492 g/mol. The van der Waals surface area contributed by atoms with Crippen molar-refractivity contribution >= 4 is 18.7 Å². The van der Waals surface area contributed by atoms with Gasteiger partial charge in [-0.2, -0.15) is 0 Å². The van der Waals surface area contributed by atoms with Crippen molar-refractivity contribution in [2.45, 2.75) is 58.0 Å². The Kier molecular flexibility index (Phi) is 9.84. The van der Waals surface area contributed by atoms with Crippen molar-refractivity contribution in [2.75, 3.05) is 13.2 Å². The third-order valence-corrected chi connectivity index (χ3v) is 11.8. The molecule has 0 heterocycles. The van der Waals surface area contributed by atoms with Gasteiger partial charge < -0.3 is 19.4 Å². The zero-order chi connectivity index (χ0) is 25.3. The summed E-state index contributed by atoms with van der Waals surface area (Å²) in [6, 6.07) is 30.9. The van der Waals surface area contributed by atoms with E-state index in [0.717, 1.165) is 5.56 Å². The van der Waals surface area contributed by atoms with Gasteiger partial charge in [-0.15, -0.1) is 0 Å². The molecule has 0 amide bonds. The Bertz CT molecular complexity index is 950. The Labute approximate surface area is 211 Å². The van der Waals surface area contributed by atoms with Crippen LogP contribution in [0.4, 0.5) is 0 Å². The normalized spacial score (nSPS) is 14.9. The van der Waals surface area contributed by atoms with Crippen molar-refractivity contribution in [1.82, 2.24) is 0 Å². The molecular formula is C30H40O4Si. The van der Waals surface area contributed by atoms with Crippen LogP contribution in [-0.2, 0) is 15.8 Å². The standard InChI is InChI=1S/C30H40O4Si/c1-24(29(32)23-33-22-25-14-8-5-9-15-25)28(31)20-21-34-35(30(2,3)4,26-16-10-6-11-17-26)27-18-12-7-13-19-27/h5-19,24,28-29,31-32H,20-23H2,1-4H3/t24-,28+,29+/m0/s1. The highest BCUT2D eigenvalue weighted by Gasteiger charge is 2.50. The molecule has 0 saturated heterocycles. The highest BCUT2D eigenvalue weighted by molar-refractivity contribution is 6.99. The second-order valence-electron chi connectivity index (χ2n) is 10.3. The van der Waals surface area contributed by atoms with Crippen molar-refractivity contribution in [3.8, 4) is 0 Å². The number of hydrogen-bond acceptors (Lipinski definition) is 4. The first-order chi connectivity index (χ1) is 16.8. The molecular weight excluding hydrogens is 452 g/mol. The Balaban J connectivity index is 1.65. The minimum absolute atomic E-state index is 0.114. The van der Waals surface area contributed by atoms with Gasteiger partial charge in [0.25, 0.3) is 8.32 Å². The Morgan fingerprint density at radius 3 is 1.71 bits per heavy atom. The van der Waals surface area contributed by atoms with Crippen LogP contribution in [0.2, 0.25) is 5.04 Å². The SMILES string of the molecule is C[C@@H]([C@H](O)CCO[Si](c1ccccc1)(c1ccccc1)C(C)(C)C)[C@H](O)COCc1ccccc1. The summed E-state index contributed by atoms with van der Waals surface area (Å²) >= 11 is 0. The molecule has 4 nitrogen and oxygen atoms in total. The largest absolute Gasteiger partial charge is 0.407 e. The number of aliphatic hydroxyl groups is 2. The zero-order valence-electron chi connectivity index (χ0n) is 21.4. The van der Waals surface area contributed by atoms with Crippen molar-refractivity contribution in [2.24, 2.45) is 5.92 Å². The average Bonchev–Trinajstić information content (AvgIpc) is 2.87. The fourth-order valence-electron chi connectivity index (χ4n) is 4.64. The van der Waals surface area contributed by atoms with Crippen LogP contribution in [0, 0.1) is 5.92 Å². The number of hydrogen-bond donors (Lipinski definition) is 2. The molecule has 0 fully saturated rings. The summed E-state index contributed by atoms with van der Waals surface area (Å²) in [6.07, 6.45) is -0.994. The molecule has 0 radical (unpaired) electrons. The van der Waals surface area contributed by atoms with Crippen molar-refractivity contribution < 1.29 is 19.4 Å². The maximum atomic E-state index is 10.9. The first kappa shape index (κ1) is 27.3. The lowest BCUT2D eigenvalue weighted by Crippen LogP contribution is -2.66. The Hall–Kier alpha value is -2.28. The van der Waals surface area contributed by atoms with Gasteiger partial charge in [0.1, 0.15) is 0 Å². The second-order valence-corrected chi connectivity index (χ2v) is 14.6. The second kappa shape index (κ2) is 12.6. The fraction of sp³-hybridized carbons (Fsp3) is 0.400. The molecule has 3 aromatic rings. The van der Waals surface area contributed by atoms with E-state index in [4.69, 9.17) is 9.16 Å². The van der Waals surface area contributed by atoms with Crippen LogP contribution < -0.4 is 10.4 Å². The van der Waals surface area contributed by atoms with E-state index in [0.29, 0.717) is 19.6 Å². The predicted octanol–water partition coefficient (Wildman–Crippen LogP) is 4.53. The highest BCUT2D eigenvalue weighted by Crippen LogP contribution is 2.37. The van der Waals surface area contributed by atoms with Gasteiger partial charge in [0.2, 0.25) is 0 Å². The van der Waals surface area contributed by atoms with Crippen LogP contribution in [0.5, 0.6) is 0 Å². The van der Waals surface area contributed by atoms with E-state index in [9.17, 15) is 10.2 Å². The van der Waals surface area contributed by atoms with E-state index >= 15 is 0 Å². The number of rotatable bonds is 12. The van der Waals surface area contributed by atoms with Crippen molar-refractivity contribution in [3.63, 3.8) is 0 Å². The summed E-state index contributed by atoms with van der Waals surface area (Å²) in [5.74, 6) is -0.325. The van der Waals surface area contributed by atoms with E-state index in [-0.39, 0.29) is 17.6 Å². The quantitative estimate of drug-likeness (QED) is 0.365. The predicted molar refractivity (Wildman–Crippen MR) is 145 cm³/mol. The van der Waals surface area contributed by atoms with Crippen LogP contribution in [0.3, 0.4) is 0 Å². The fourth-order valence-corrected chi connectivity index (χ4v) is 9.22. The molecule has 35 heavy (non-hydrogen) atoms. The molecule has 0 spiro atoms. The lowest BCUT2D eigenvalue weighted by atomic mass is 9.96. The highest BCUT2D eigenvalue weighted by atomic mass is 28.4. The van der Waals surface area contributed by atoms with Crippen LogP contribution in [0.25, 0.3) is 0 Å². The number of aliphatic hydroxyl groups excluding tert-OH is 2. The third kappa shape index (κ3) is 6.90. The third-order valence-electron chi connectivity index (χ3n) is 6.76.